The van der Waals surface area contributed by atoms with E-state index < -0.39 is 11.5 Å². The fourth-order valence-corrected chi connectivity index (χ4v) is 5.04. The monoisotopic (exact) mass is 526 g/mol. The zero-order valence-corrected chi connectivity index (χ0v) is 19.8. The van der Waals surface area contributed by atoms with Gasteiger partial charge in [0.15, 0.2) is 17.2 Å². The molecule has 1 aliphatic rings. The number of fused-ring (bicyclic) bond motifs is 6. The van der Waals surface area contributed by atoms with Gasteiger partial charge in [-0.25, -0.2) is 19.3 Å². The molecule has 1 unspecified atom stereocenters. The highest BCUT2D eigenvalue weighted by atomic mass is 79.9. The third-order valence-electron chi connectivity index (χ3n) is 6.12. The summed E-state index contributed by atoms with van der Waals surface area (Å²) in [6.45, 7) is 1.86. The van der Waals surface area contributed by atoms with Gasteiger partial charge in [-0.2, -0.15) is 0 Å². The number of rotatable bonds is 2. The Morgan fingerprint density at radius 1 is 0.971 bits per heavy atom. The molecule has 0 aliphatic carbocycles. The van der Waals surface area contributed by atoms with E-state index in [1.54, 1.807) is 16.9 Å². The van der Waals surface area contributed by atoms with Gasteiger partial charge in [-0.15, -0.1) is 5.10 Å². The number of aromatic nitrogens is 4. The third kappa shape index (κ3) is 2.98. The summed E-state index contributed by atoms with van der Waals surface area (Å²) in [6, 6.07) is 18.7. The van der Waals surface area contributed by atoms with Crippen molar-refractivity contribution in [1.82, 2.24) is 19.6 Å². The molecule has 0 N–H and O–H groups in total. The number of ether oxygens (including phenoxy) is 1. The minimum Gasteiger partial charge on any atom is -0.465 e. The number of benzene rings is 2. The van der Waals surface area contributed by atoms with E-state index in [4.69, 9.17) is 18.6 Å². The Morgan fingerprint density at radius 2 is 1.80 bits per heavy atom. The highest BCUT2D eigenvalue weighted by molar-refractivity contribution is 9.10. The van der Waals surface area contributed by atoms with Crippen molar-refractivity contribution in [2.75, 3.05) is 0 Å². The largest absolute Gasteiger partial charge is 0.465 e. The first-order chi connectivity index (χ1) is 17.1. The fourth-order valence-electron chi connectivity index (χ4n) is 4.58. The van der Waals surface area contributed by atoms with Gasteiger partial charge in [-0.05, 0) is 43.3 Å². The molecule has 1 atom stereocenters. The Morgan fingerprint density at radius 3 is 2.63 bits per heavy atom. The van der Waals surface area contributed by atoms with Crippen LogP contribution in [0.5, 0.6) is 11.6 Å². The molecule has 7 rings (SSSR count). The average Bonchev–Trinajstić information content (AvgIpc) is 3.49. The lowest BCUT2D eigenvalue weighted by Crippen LogP contribution is -2.22. The van der Waals surface area contributed by atoms with Crippen LogP contribution >= 0.6 is 15.9 Å². The third-order valence-corrected chi connectivity index (χ3v) is 6.81. The molecule has 170 valence electrons. The molecule has 0 saturated heterocycles. The van der Waals surface area contributed by atoms with Crippen LogP contribution in [-0.2, 0) is 0 Å². The molecule has 8 nitrogen and oxygen atoms in total. The molecule has 0 amide bonds. The van der Waals surface area contributed by atoms with Crippen LogP contribution in [0.4, 0.5) is 0 Å². The van der Waals surface area contributed by atoms with E-state index in [2.05, 4.69) is 26.0 Å². The van der Waals surface area contributed by atoms with Gasteiger partial charge >= 0.3 is 5.63 Å². The fraction of sp³-hybridized carbons (Fsp3) is 0.0769. The molecule has 0 fully saturated rings. The zero-order valence-electron chi connectivity index (χ0n) is 18.2. The summed E-state index contributed by atoms with van der Waals surface area (Å²) in [5, 5.41) is 5.32. The van der Waals surface area contributed by atoms with E-state index in [0.717, 1.165) is 15.8 Å². The Kier molecular flexibility index (Phi) is 4.25. The predicted octanol–water partition coefficient (Wildman–Crippen LogP) is 5.85. The second kappa shape index (κ2) is 7.38. The smallest absolute Gasteiger partial charge is 0.344 e. The van der Waals surface area contributed by atoms with E-state index in [9.17, 15) is 4.79 Å². The minimum absolute atomic E-state index is 0.339. The van der Waals surface area contributed by atoms with Crippen molar-refractivity contribution in [3.8, 4) is 23.0 Å². The molecule has 2 aromatic carbocycles. The number of hydrogen-bond donors (Lipinski definition) is 0. The second-order valence-corrected chi connectivity index (χ2v) is 9.11. The van der Waals surface area contributed by atoms with Gasteiger partial charge in [0.25, 0.3) is 0 Å². The lowest BCUT2D eigenvalue weighted by molar-refractivity contribution is 0.402. The van der Waals surface area contributed by atoms with E-state index >= 15 is 0 Å². The first kappa shape index (κ1) is 20.2. The van der Waals surface area contributed by atoms with Gasteiger partial charge in [0.2, 0.25) is 5.88 Å². The molecular weight excluding hydrogens is 512 g/mol. The summed E-state index contributed by atoms with van der Waals surface area (Å²) in [5.74, 6) is 1.90. The summed E-state index contributed by atoms with van der Waals surface area (Å²) >= 11 is 3.57. The maximum atomic E-state index is 13.3. The van der Waals surface area contributed by atoms with Crippen molar-refractivity contribution in [1.29, 1.82) is 0 Å². The quantitative estimate of drug-likeness (QED) is 0.261. The van der Waals surface area contributed by atoms with Crippen molar-refractivity contribution in [2.45, 2.75) is 12.8 Å². The van der Waals surface area contributed by atoms with Crippen LogP contribution in [0.15, 0.2) is 85.1 Å². The minimum atomic E-state index is -0.643. The van der Waals surface area contributed by atoms with E-state index in [0.29, 0.717) is 51.0 Å². The number of aryl methyl sites for hydroxylation is 1. The van der Waals surface area contributed by atoms with Crippen LogP contribution in [0.1, 0.15) is 28.6 Å². The van der Waals surface area contributed by atoms with Crippen molar-refractivity contribution in [2.24, 2.45) is 0 Å². The Labute approximate surface area is 205 Å². The standard InChI is InChI=1S/C26H15BrN4O4/c1-13-10-11-18(33-13)19-20-22(15-7-3-5-9-17(15)34-26(20)32)35-25-21(19)24-29-23(30-31(24)12-28-25)14-6-2-4-8-16(14)27/h2-12,19H,1H3. The summed E-state index contributed by atoms with van der Waals surface area (Å²) in [7, 11) is 0. The molecule has 0 spiro atoms. The molecule has 0 bridgehead atoms. The van der Waals surface area contributed by atoms with Crippen molar-refractivity contribution < 1.29 is 13.6 Å². The van der Waals surface area contributed by atoms with E-state index in [1.807, 2.05) is 61.5 Å². The first-order valence-corrected chi connectivity index (χ1v) is 11.7. The molecule has 9 heteroatoms. The summed E-state index contributed by atoms with van der Waals surface area (Å²) in [6.07, 6.45) is 1.56. The molecule has 5 heterocycles. The Bertz CT molecular complexity index is 1850. The lowest BCUT2D eigenvalue weighted by atomic mass is 9.88. The van der Waals surface area contributed by atoms with Gasteiger partial charge < -0.3 is 13.6 Å². The Balaban J connectivity index is 1.56. The second-order valence-electron chi connectivity index (χ2n) is 8.26. The topological polar surface area (TPSA) is 95.7 Å². The molecule has 6 aromatic rings. The predicted molar refractivity (Wildman–Crippen MR) is 131 cm³/mol. The highest BCUT2D eigenvalue weighted by Gasteiger charge is 2.39. The number of para-hydroxylation sites is 1. The van der Waals surface area contributed by atoms with Gasteiger partial charge in [0.05, 0.1) is 22.4 Å². The van der Waals surface area contributed by atoms with E-state index in [-0.39, 0.29) is 0 Å². The van der Waals surface area contributed by atoms with Crippen molar-refractivity contribution in [3.05, 3.63) is 105 Å². The average molecular weight is 527 g/mol. The van der Waals surface area contributed by atoms with E-state index in [1.165, 1.54) is 0 Å². The summed E-state index contributed by atoms with van der Waals surface area (Å²) in [5.41, 5.74) is 2.20. The first-order valence-electron chi connectivity index (χ1n) is 10.9. The zero-order chi connectivity index (χ0) is 23.7. The van der Waals surface area contributed by atoms with Gasteiger partial charge in [0.1, 0.15) is 23.4 Å². The number of hydrogen-bond acceptors (Lipinski definition) is 7. The molecule has 4 aromatic heterocycles. The van der Waals surface area contributed by atoms with Crippen molar-refractivity contribution >= 4 is 32.5 Å². The van der Waals surface area contributed by atoms with Crippen LogP contribution in [0, 0.1) is 6.92 Å². The summed E-state index contributed by atoms with van der Waals surface area (Å²) < 4.78 is 20.5. The maximum Gasteiger partial charge on any atom is 0.344 e. The van der Waals surface area contributed by atoms with Gasteiger partial charge in [0, 0.05) is 10.0 Å². The Hall–Kier alpha value is -4.24. The molecular formula is C26H15BrN4O4. The highest BCUT2D eigenvalue weighted by Crippen LogP contribution is 2.49. The van der Waals surface area contributed by atoms with Gasteiger partial charge in [-0.1, -0.05) is 40.2 Å². The van der Waals surface area contributed by atoms with Crippen LogP contribution in [0.3, 0.4) is 0 Å². The normalized spacial score (nSPS) is 14.6. The lowest BCUT2D eigenvalue weighted by Gasteiger charge is -2.25. The molecule has 1 aliphatic heterocycles. The molecule has 35 heavy (non-hydrogen) atoms. The number of furan rings is 1. The summed E-state index contributed by atoms with van der Waals surface area (Å²) in [4.78, 5) is 22.7. The van der Waals surface area contributed by atoms with Crippen LogP contribution in [-0.4, -0.2) is 19.6 Å². The van der Waals surface area contributed by atoms with Crippen molar-refractivity contribution in [3.63, 3.8) is 0 Å². The van der Waals surface area contributed by atoms with Crippen LogP contribution in [0.25, 0.3) is 28.0 Å². The molecule has 0 radical (unpaired) electrons. The number of nitrogens with zero attached hydrogens (tertiary/aromatic N) is 4. The molecule has 0 saturated carbocycles. The van der Waals surface area contributed by atoms with Crippen LogP contribution in [0.2, 0.25) is 0 Å². The van der Waals surface area contributed by atoms with Gasteiger partial charge in [-0.3, -0.25) is 0 Å². The SMILES string of the molecule is Cc1ccc(C2c3c(c4ccccc4oc3=O)Oc3ncn4nc(-c5ccccc5Br)nc4c32)o1. The maximum absolute atomic E-state index is 13.3. The van der Waals surface area contributed by atoms with Crippen LogP contribution < -0.4 is 10.4 Å². The number of halogens is 1.